The number of aliphatic hydroxyl groups is 1. The fourth-order valence-electron chi connectivity index (χ4n) is 5.22. The van der Waals surface area contributed by atoms with E-state index in [1.165, 1.54) is 17.7 Å². The third-order valence-corrected chi connectivity index (χ3v) is 8.75. The third-order valence-electron chi connectivity index (χ3n) is 6.82. The Morgan fingerprint density at radius 1 is 1.27 bits per heavy atom. The van der Waals surface area contributed by atoms with Gasteiger partial charge in [0.2, 0.25) is 0 Å². The van der Waals surface area contributed by atoms with Gasteiger partial charge in [-0.1, -0.05) is 11.6 Å². The van der Waals surface area contributed by atoms with Crippen LogP contribution in [0, 0.1) is 17.2 Å². The number of nitrogens with zero attached hydrogens (tertiary/aromatic N) is 2. The second kappa shape index (κ2) is 10.0. The van der Waals surface area contributed by atoms with E-state index in [9.17, 15) is 13.7 Å². The van der Waals surface area contributed by atoms with Gasteiger partial charge in [-0.15, -0.1) is 0 Å². The van der Waals surface area contributed by atoms with Gasteiger partial charge in [-0.2, -0.15) is 5.26 Å². The summed E-state index contributed by atoms with van der Waals surface area (Å²) in [5.41, 5.74) is 3.04. The molecular formula is C25H29ClN2O4S. The minimum atomic E-state index is -3.45. The molecule has 1 saturated heterocycles. The normalized spacial score (nSPS) is 23.2. The van der Waals surface area contributed by atoms with Crippen LogP contribution in [0.3, 0.4) is 0 Å². The number of ether oxygens (including phenoxy) is 1. The lowest BCUT2D eigenvalue weighted by atomic mass is 9.85. The van der Waals surface area contributed by atoms with Gasteiger partial charge in [0.25, 0.3) is 0 Å². The van der Waals surface area contributed by atoms with Crippen molar-refractivity contribution < 1.29 is 18.3 Å². The van der Waals surface area contributed by atoms with Gasteiger partial charge in [-0.3, -0.25) is 4.90 Å². The van der Waals surface area contributed by atoms with Crippen molar-refractivity contribution in [1.82, 2.24) is 4.90 Å². The van der Waals surface area contributed by atoms with Gasteiger partial charge in [0.15, 0.2) is 9.84 Å². The average Bonchev–Trinajstić information content (AvgIpc) is 3.17. The van der Waals surface area contributed by atoms with Crippen LogP contribution in [-0.4, -0.2) is 56.0 Å². The molecule has 0 spiro atoms. The van der Waals surface area contributed by atoms with Gasteiger partial charge in [0, 0.05) is 29.6 Å². The molecule has 33 heavy (non-hydrogen) atoms. The predicted molar refractivity (Wildman–Crippen MR) is 127 cm³/mol. The van der Waals surface area contributed by atoms with Crippen LogP contribution in [0.4, 0.5) is 0 Å². The molecule has 0 amide bonds. The molecule has 0 aromatic heterocycles. The highest BCUT2D eigenvalue weighted by atomic mass is 35.5. The van der Waals surface area contributed by atoms with E-state index in [0.29, 0.717) is 40.9 Å². The Morgan fingerprint density at radius 2 is 2.03 bits per heavy atom. The molecule has 2 aromatic rings. The highest BCUT2D eigenvalue weighted by Gasteiger charge is 2.36. The summed E-state index contributed by atoms with van der Waals surface area (Å²) in [6.45, 7) is 3.40. The van der Waals surface area contributed by atoms with Crippen molar-refractivity contribution in [3.63, 3.8) is 0 Å². The first-order valence-electron chi connectivity index (χ1n) is 11.3. The van der Waals surface area contributed by atoms with Gasteiger partial charge >= 0.3 is 0 Å². The van der Waals surface area contributed by atoms with E-state index >= 15 is 0 Å². The van der Waals surface area contributed by atoms with E-state index < -0.39 is 16.4 Å². The highest BCUT2D eigenvalue weighted by molar-refractivity contribution is 7.91. The maximum absolute atomic E-state index is 12.0. The maximum atomic E-state index is 12.0. The summed E-state index contributed by atoms with van der Waals surface area (Å²) >= 11 is 6.24. The first kappa shape index (κ1) is 24.0. The van der Waals surface area contributed by atoms with Crippen molar-refractivity contribution in [1.29, 1.82) is 5.26 Å². The SMILES string of the molecule is C[C@@H]1C[C@H](COc2ccc(S(=O)(=O)CCO)cc2)CN1C1CCc2c(C#N)cc(Cl)cc2C1. The fraction of sp³-hybridized carbons (Fsp3) is 0.480. The number of nitriles is 1. The van der Waals surface area contributed by atoms with Crippen LogP contribution < -0.4 is 4.74 Å². The Bertz CT molecular complexity index is 1140. The van der Waals surface area contributed by atoms with Gasteiger partial charge < -0.3 is 9.84 Å². The quantitative estimate of drug-likeness (QED) is 0.640. The molecule has 1 fully saturated rings. The minimum absolute atomic E-state index is 0.196. The number of fused-ring (bicyclic) bond motifs is 1. The average molecular weight is 489 g/mol. The van der Waals surface area contributed by atoms with Gasteiger partial charge in [-0.05, 0) is 80.1 Å². The molecule has 1 heterocycles. The minimum Gasteiger partial charge on any atom is -0.493 e. The summed E-state index contributed by atoms with van der Waals surface area (Å²) in [5.74, 6) is 0.765. The lowest BCUT2D eigenvalue weighted by Crippen LogP contribution is -2.41. The number of rotatable bonds is 7. The molecule has 2 aromatic carbocycles. The summed E-state index contributed by atoms with van der Waals surface area (Å²) in [7, 11) is -3.45. The molecule has 8 heteroatoms. The maximum Gasteiger partial charge on any atom is 0.180 e. The van der Waals surface area contributed by atoms with E-state index in [1.54, 1.807) is 18.2 Å². The molecule has 3 atom stereocenters. The topological polar surface area (TPSA) is 90.6 Å². The van der Waals surface area contributed by atoms with Crippen molar-refractivity contribution in [3.8, 4) is 11.8 Å². The van der Waals surface area contributed by atoms with E-state index in [2.05, 4.69) is 17.9 Å². The van der Waals surface area contributed by atoms with Crippen LogP contribution >= 0.6 is 11.6 Å². The van der Waals surface area contributed by atoms with E-state index in [4.69, 9.17) is 21.4 Å². The van der Waals surface area contributed by atoms with E-state index in [0.717, 1.165) is 37.8 Å². The number of aliphatic hydroxyl groups excluding tert-OH is 1. The highest BCUT2D eigenvalue weighted by Crippen LogP contribution is 2.34. The Balaban J connectivity index is 1.35. The van der Waals surface area contributed by atoms with Crippen molar-refractivity contribution in [3.05, 3.63) is 58.1 Å². The van der Waals surface area contributed by atoms with Crippen LogP contribution in [0.1, 0.15) is 36.5 Å². The number of benzene rings is 2. The molecule has 6 nitrogen and oxygen atoms in total. The Hall–Kier alpha value is -2.11. The number of hydrogen-bond donors (Lipinski definition) is 1. The van der Waals surface area contributed by atoms with Gasteiger partial charge in [0.05, 0.1) is 35.5 Å². The molecule has 176 valence electrons. The number of halogens is 1. The van der Waals surface area contributed by atoms with E-state index in [1.807, 2.05) is 6.07 Å². The summed E-state index contributed by atoms with van der Waals surface area (Å²) in [6, 6.07) is 13.4. The zero-order chi connectivity index (χ0) is 23.6. The van der Waals surface area contributed by atoms with Crippen LogP contribution in [0.5, 0.6) is 5.75 Å². The third kappa shape index (κ3) is 5.36. The number of hydrogen-bond acceptors (Lipinski definition) is 6. The zero-order valence-electron chi connectivity index (χ0n) is 18.7. The lowest BCUT2D eigenvalue weighted by molar-refractivity contribution is 0.164. The van der Waals surface area contributed by atoms with Crippen molar-refractivity contribution in [2.75, 3.05) is 25.5 Å². The molecular weight excluding hydrogens is 460 g/mol. The van der Waals surface area contributed by atoms with Gasteiger partial charge in [-0.25, -0.2) is 8.42 Å². The summed E-state index contributed by atoms with van der Waals surface area (Å²) in [5, 5.41) is 19.0. The fourth-order valence-corrected chi connectivity index (χ4v) is 6.48. The molecule has 0 radical (unpaired) electrons. The standard InChI is InChI=1S/C25H29ClN2O4S/c1-17-10-18(16-32-23-3-5-24(6-4-23)33(30,31)9-8-29)15-28(17)22-2-7-25-19(13-22)11-21(26)12-20(25)14-27/h3-6,11-12,17-18,22,29H,2,7-10,13,15-16H2,1H3/t17-,18+,22?/m1/s1. The first-order chi connectivity index (χ1) is 15.8. The predicted octanol–water partition coefficient (Wildman–Crippen LogP) is 3.62. The monoisotopic (exact) mass is 488 g/mol. The summed E-state index contributed by atoms with van der Waals surface area (Å²) < 4.78 is 30.0. The zero-order valence-corrected chi connectivity index (χ0v) is 20.3. The molecule has 1 unspecified atom stereocenters. The second-order valence-corrected chi connectivity index (χ2v) is 11.6. The molecule has 0 bridgehead atoms. The van der Waals surface area contributed by atoms with Crippen LogP contribution in [0.2, 0.25) is 5.02 Å². The second-order valence-electron chi connectivity index (χ2n) is 9.07. The Kier molecular flexibility index (Phi) is 7.30. The van der Waals surface area contributed by atoms with Crippen LogP contribution in [-0.2, 0) is 22.7 Å². The summed E-state index contributed by atoms with van der Waals surface area (Å²) in [4.78, 5) is 2.76. The molecule has 4 rings (SSSR count). The summed E-state index contributed by atoms with van der Waals surface area (Å²) in [6.07, 6.45) is 3.89. The molecule has 1 aliphatic heterocycles. The Morgan fingerprint density at radius 3 is 2.73 bits per heavy atom. The number of sulfone groups is 1. The number of likely N-dealkylation sites (tertiary alicyclic amines) is 1. The molecule has 0 saturated carbocycles. The molecule has 1 N–H and O–H groups in total. The van der Waals surface area contributed by atoms with Crippen molar-refractivity contribution in [2.45, 2.75) is 49.6 Å². The van der Waals surface area contributed by atoms with Crippen LogP contribution in [0.25, 0.3) is 0 Å². The lowest BCUT2D eigenvalue weighted by Gasteiger charge is -2.35. The Labute approximate surface area is 200 Å². The molecule has 2 aliphatic rings. The van der Waals surface area contributed by atoms with Crippen LogP contribution in [0.15, 0.2) is 41.3 Å². The van der Waals surface area contributed by atoms with E-state index in [-0.39, 0.29) is 10.6 Å². The van der Waals surface area contributed by atoms with Crippen molar-refractivity contribution >= 4 is 21.4 Å². The van der Waals surface area contributed by atoms with Crippen molar-refractivity contribution in [2.24, 2.45) is 5.92 Å². The van der Waals surface area contributed by atoms with Gasteiger partial charge in [0.1, 0.15) is 5.75 Å². The first-order valence-corrected chi connectivity index (χ1v) is 13.4. The largest absolute Gasteiger partial charge is 0.493 e. The smallest absolute Gasteiger partial charge is 0.180 e. The molecule has 1 aliphatic carbocycles.